The molecular weight excluding hydrogens is 237 g/mol. The van der Waals surface area contributed by atoms with Crippen molar-refractivity contribution in [2.45, 2.75) is 6.18 Å². The maximum absolute atomic E-state index is 12.5. The van der Waals surface area contributed by atoms with Crippen molar-refractivity contribution in [2.75, 3.05) is 26.4 Å². The van der Waals surface area contributed by atoms with E-state index in [0.29, 0.717) is 0 Å². The summed E-state index contributed by atoms with van der Waals surface area (Å²) in [6, 6.07) is 5.00. The Balaban J connectivity index is 2.53. The van der Waals surface area contributed by atoms with Crippen LogP contribution in [-0.4, -0.2) is 31.5 Å². The van der Waals surface area contributed by atoms with Crippen LogP contribution in [0, 0.1) is 0 Å². The molecule has 0 spiro atoms. The zero-order valence-corrected chi connectivity index (χ0v) is 9.04. The highest BCUT2D eigenvalue weighted by Crippen LogP contribution is 2.35. The third-order valence-corrected chi connectivity index (χ3v) is 1.91. The Bertz CT molecular complexity index is 339. The molecule has 0 bridgehead atoms. The smallest absolute Gasteiger partial charge is 0.419 e. The minimum Gasteiger partial charge on any atom is -0.491 e. The number of alkyl halides is 3. The Morgan fingerprint density at radius 3 is 2.41 bits per heavy atom. The number of aliphatic hydroxyl groups is 1. The highest BCUT2D eigenvalue weighted by atomic mass is 19.4. The first-order valence-corrected chi connectivity index (χ1v) is 5.03. The quantitative estimate of drug-likeness (QED) is 0.786. The summed E-state index contributed by atoms with van der Waals surface area (Å²) in [5.41, 5.74) is -0.804. The maximum Gasteiger partial charge on any atom is 0.419 e. The van der Waals surface area contributed by atoms with Crippen LogP contribution in [0.3, 0.4) is 0 Å². The molecule has 1 aromatic carbocycles. The lowest BCUT2D eigenvalue weighted by atomic mass is 10.2. The van der Waals surface area contributed by atoms with Crippen molar-refractivity contribution in [3.05, 3.63) is 29.8 Å². The number of halogens is 3. The number of hydrogen-bond acceptors (Lipinski definition) is 3. The van der Waals surface area contributed by atoms with Crippen LogP contribution < -0.4 is 4.74 Å². The lowest BCUT2D eigenvalue weighted by Gasteiger charge is -2.13. The lowest BCUT2D eigenvalue weighted by molar-refractivity contribution is -0.139. The average molecular weight is 250 g/mol. The van der Waals surface area contributed by atoms with Gasteiger partial charge in [-0.15, -0.1) is 0 Å². The highest BCUT2D eigenvalue weighted by molar-refractivity contribution is 5.35. The first-order chi connectivity index (χ1) is 8.05. The molecular formula is C11H13F3O3. The Morgan fingerprint density at radius 2 is 1.76 bits per heavy atom. The van der Waals surface area contributed by atoms with Crippen molar-refractivity contribution < 1.29 is 27.8 Å². The Morgan fingerprint density at radius 1 is 1.06 bits per heavy atom. The van der Waals surface area contributed by atoms with Crippen molar-refractivity contribution in [3.8, 4) is 5.75 Å². The maximum atomic E-state index is 12.5. The van der Waals surface area contributed by atoms with Crippen molar-refractivity contribution in [1.29, 1.82) is 0 Å². The van der Waals surface area contributed by atoms with Gasteiger partial charge in [0.2, 0.25) is 0 Å². The van der Waals surface area contributed by atoms with Crippen LogP contribution in [0.4, 0.5) is 13.2 Å². The fourth-order valence-electron chi connectivity index (χ4n) is 1.20. The van der Waals surface area contributed by atoms with Crippen LogP contribution in [-0.2, 0) is 10.9 Å². The molecule has 0 aliphatic carbocycles. The fraction of sp³-hybridized carbons (Fsp3) is 0.455. The number of hydrogen-bond donors (Lipinski definition) is 1. The summed E-state index contributed by atoms with van der Waals surface area (Å²) >= 11 is 0. The van der Waals surface area contributed by atoms with Gasteiger partial charge in [0.15, 0.2) is 0 Å². The SMILES string of the molecule is OCCOCCOc1ccccc1C(F)(F)F. The molecule has 1 rings (SSSR count). The van der Waals surface area contributed by atoms with Crippen molar-refractivity contribution in [3.63, 3.8) is 0 Å². The van der Waals surface area contributed by atoms with Crippen molar-refractivity contribution >= 4 is 0 Å². The third-order valence-electron chi connectivity index (χ3n) is 1.91. The van der Waals surface area contributed by atoms with Crippen molar-refractivity contribution in [1.82, 2.24) is 0 Å². The average Bonchev–Trinajstić information content (AvgIpc) is 2.28. The van der Waals surface area contributed by atoms with E-state index in [2.05, 4.69) is 0 Å². The normalized spacial score (nSPS) is 11.5. The fourth-order valence-corrected chi connectivity index (χ4v) is 1.20. The van der Waals surface area contributed by atoms with E-state index < -0.39 is 11.7 Å². The number of aliphatic hydroxyl groups excluding tert-OH is 1. The van der Waals surface area contributed by atoms with Gasteiger partial charge in [0.05, 0.1) is 25.4 Å². The van der Waals surface area contributed by atoms with Gasteiger partial charge in [-0.05, 0) is 12.1 Å². The highest BCUT2D eigenvalue weighted by Gasteiger charge is 2.33. The molecule has 6 heteroatoms. The van der Waals surface area contributed by atoms with Gasteiger partial charge in [0.1, 0.15) is 12.4 Å². The predicted molar refractivity (Wildman–Crippen MR) is 54.8 cm³/mol. The molecule has 0 aliphatic heterocycles. The molecule has 0 saturated heterocycles. The molecule has 0 heterocycles. The van der Waals surface area contributed by atoms with Gasteiger partial charge >= 0.3 is 6.18 Å². The molecule has 1 N–H and O–H groups in total. The van der Waals surface area contributed by atoms with Gasteiger partial charge in [0.25, 0.3) is 0 Å². The lowest BCUT2D eigenvalue weighted by Crippen LogP contribution is -2.12. The summed E-state index contributed by atoms with van der Waals surface area (Å²) in [6.45, 7) is 0.156. The van der Waals surface area contributed by atoms with E-state index in [4.69, 9.17) is 14.6 Å². The summed E-state index contributed by atoms with van der Waals surface area (Å²) in [4.78, 5) is 0. The summed E-state index contributed by atoms with van der Waals surface area (Å²) in [5.74, 6) is -0.215. The zero-order chi connectivity index (χ0) is 12.7. The second-order valence-electron chi connectivity index (χ2n) is 3.18. The van der Waals surface area contributed by atoms with E-state index in [0.717, 1.165) is 6.07 Å². The first kappa shape index (κ1) is 13.8. The van der Waals surface area contributed by atoms with Crippen LogP contribution >= 0.6 is 0 Å². The van der Waals surface area contributed by atoms with Gasteiger partial charge in [-0.3, -0.25) is 0 Å². The van der Waals surface area contributed by atoms with Crippen LogP contribution in [0.2, 0.25) is 0 Å². The van der Waals surface area contributed by atoms with Crippen LogP contribution in [0.1, 0.15) is 5.56 Å². The summed E-state index contributed by atoms with van der Waals surface area (Å²) in [7, 11) is 0. The van der Waals surface area contributed by atoms with Crippen LogP contribution in [0.25, 0.3) is 0 Å². The van der Waals surface area contributed by atoms with Gasteiger partial charge in [-0.2, -0.15) is 13.2 Å². The molecule has 0 aromatic heterocycles. The van der Waals surface area contributed by atoms with Crippen molar-refractivity contribution in [2.24, 2.45) is 0 Å². The molecule has 1 aromatic rings. The third kappa shape index (κ3) is 4.62. The second kappa shape index (κ2) is 6.46. The molecule has 96 valence electrons. The molecule has 0 aliphatic rings. The van der Waals surface area contributed by atoms with Crippen LogP contribution in [0.15, 0.2) is 24.3 Å². The van der Waals surface area contributed by atoms with Gasteiger partial charge in [-0.25, -0.2) is 0 Å². The second-order valence-corrected chi connectivity index (χ2v) is 3.18. The molecule has 0 unspecified atom stereocenters. The van der Waals surface area contributed by atoms with Gasteiger partial charge in [-0.1, -0.05) is 12.1 Å². The van der Waals surface area contributed by atoms with E-state index in [9.17, 15) is 13.2 Å². The van der Waals surface area contributed by atoms with E-state index in [-0.39, 0.29) is 32.2 Å². The molecule has 0 saturated carbocycles. The first-order valence-electron chi connectivity index (χ1n) is 5.03. The van der Waals surface area contributed by atoms with Crippen LogP contribution in [0.5, 0.6) is 5.75 Å². The zero-order valence-electron chi connectivity index (χ0n) is 9.04. The predicted octanol–water partition coefficient (Wildman–Crippen LogP) is 2.09. The summed E-state index contributed by atoms with van der Waals surface area (Å²) in [6.07, 6.45) is -4.43. The Labute approximate surface area is 96.8 Å². The minimum absolute atomic E-state index is 0.00704. The van der Waals surface area contributed by atoms with Gasteiger partial charge < -0.3 is 14.6 Å². The minimum atomic E-state index is -4.43. The number of para-hydroxylation sites is 1. The topological polar surface area (TPSA) is 38.7 Å². The standard InChI is InChI=1S/C11H13F3O3/c12-11(13,14)9-3-1-2-4-10(9)17-8-7-16-6-5-15/h1-4,15H,5-8H2. The number of benzene rings is 1. The van der Waals surface area contributed by atoms with E-state index >= 15 is 0 Å². The molecule has 0 fully saturated rings. The molecule has 0 atom stereocenters. The monoisotopic (exact) mass is 250 g/mol. The Kier molecular flexibility index (Phi) is 5.24. The summed E-state index contributed by atoms with van der Waals surface area (Å²) in [5, 5.41) is 8.42. The van der Waals surface area contributed by atoms with Gasteiger partial charge in [0, 0.05) is 0 Å². The van der Waals surface area contributed by atoms with E-state index in [1.807, 2.05) is 0 Å². The number of rotatable bonds is 6. The molecule has 0 radical (unpaired) electrons. The molecule has 0 amide bonds. The number of ether oxygens (including phenoxy) is 2. The summed E-state index contributed by atoms with van der Waals surface area (Å²) < 4.78 is 47.5. The molecule has 3 nitrogen and oxygen atoms in total. The largest absolute Gasteiger partial charge is 0.491 e. The Hall–Kier alpha value is -1.27. The molecule has 17 heavy (non-hydrogen) atoms. The van der Waals surface area contributed by atoms with E-state index in [1.54, 1.807) is 0 Å². The van der Waals surface area contributed by atoms with E-state index in [1.165, 1.54) is 18.2 Å².